The largest absolute Gasteiger partial charge is 0.507 e. The molecule has 1 aliphatic heterocycles. The average Bonchev–Trinajstić information content (AvgIpc) is 3.41. The molecule has 1 amide bonds. The van der Waals surface area contributed by atoms with E-state index in [1.54, 1.807) is 67.8 Å². The molecule has 3 aromatic rings. The van der Waals surface area contributed by atoms with Gasteiger partial charge in [0.25, 0.3) is 11.7 Å². The number of ketones is 1. The predicted octanol–water partition coefficient (Wildman–Crippen LogP) is 4.70. The number of rotatable bonds is 7. The molecule has 1 saturated heterocycles. The number of nitrogens with zero attached hydrogens (tertiary/aromatic N) is 1. The summed E-state index contributed by atoms with van der Waals surface area (Å²) in [5.74, 6) is 0.0320. The minimum atomic E-state index is -0.809. The lowest BCUT2D eigenvalue weighted by molar-refractivity contribution is -0.140. The molecule has 1 fully saturated rings. The predicted molar refractivity (Wildman–Crippen MR) is 122 cm³/mol. The number of methoxy groups -OCH3 is 1. The number of amides is 1. The van der Waals surface area contributed by atoms with Crippen LogP contribution in [0.5, 0.6) is 11.5 Å². The van der Waals surface area contributed by atoms with Crippen molar-refractivity contribution < 1.29 is 28.6 Å². The molecule has 1 aromatic heterocycles. The average molecular weight is 447 g/mol. The number of hydrogen-bond donors (Lipinski definition) is 1. The molecule has 33 heavy (non-hydrogen) atoms. The fraction of sp³-hybridized carbons (Fsp3) is 0.231. The van der Waals surface area contributed by atoms with Crippen LogP contribution in [0.3, 0.4) is 0 Å². The molecule has 1 unspecified atom stereocenters. The lowest BCUT2D eigenvalue weighted by Crippen LogP contribution is -2.29. The van der Waals surface area contributed by atoms with Gasteiger partial charge in [-0.1, -0.05) is 12.1 Å². The summed E-state index contributed by atoms with van der Waals surface area (Å²) >= 11 is 0. The van der Waals surface area contributed by atoms with Gasteiger partial charge in [0.05, 0.1) is 37.6 Å². The maximum Gasteiger partial charge on any atom is 0.296 e. The van der Waals surface area contributed by atoms with Crippen molar-refractivity contribution in [3.63, 3.8) is 0 Å². The standard InChI is InChI=1S/C26H25NO6/c1-16(2)33-19-11-9-17(10-12-19)24(28)22-23(18-6-4-7-20(14-18)31-3)27(26(30)25(22)29)15-21-8-5-13-32-21/h4-14,16,23,28H,15H2,1-3H3/b24-22-. The SMILES string of the molecule is COc1cccc(C2/C(=C(/O)c3ccc(OC(C)C)cc3)C(=O)C(=O)N2Cc2ccco2)c1. The Morgan fingerprint density at radius 3 is 2.45 bits per heavy atom. The molecule has 7 heteroatoms. The fourth-order valence-electron chi connectivity index (χ4n) is 3.89. The Morgan fingerprint density at radius 1 is 1.06 bits per heavy atom. The molecule has 0 aliphatic carbocycles. The summed E-state index contributed by atoms with van der Waals surface area (Å²) in [7, 11) is 1.54. The van der Waals surface area contributed by atoms with E-state index in [-0.39, 0.29) is 24.0 Å². The fourth-order valence-corrected chi connectivity index (χ4v) is 3.89. The molecule has 0 radical (unpaired) electrons. The number of Topliss-reactive ketones (excluding diaryl/α,β-unsaturated/α-hetero) is 1. The Labute approximate surface area is 191 Å². The summed E-state index contributed by atoms with van der Waals surface area (Å²) in [6.45, 7) is 3.92. The van der Waals surface area contributed by atoms with E-state index in [9.17, 15) is 14.7 Å². The zero-order chi connectivity index (χ0) is 23.5. The molecule has 2 aromatic carbocycles. The topological polar surface area (TPSA) is 89.2 Å². The first-order valence-electron chi connectivity index (χ1n) is 10.6. The monoisotopic (exact) mass is 447 g/mol. The number of carbonyl (C=O) groups excluding carboxylic acids is 2. The zero-order valence-electron chi connectivity index (χ0n) is 18.6. The highest BCUT2D eigenvalue weighted by molar-refractivity contribution is 6.46. The normalized spacial score (nSPS) is 17.6. The van der Waals surface area contributed by atoms with Gasteiger partial charge < -0.3 is 23.9 Å². The highest BCUT2D eigenvalue weighted by Crippen LogP contribution is 2.41. The molecular formula is C26H25NO6. The number of carbonyl (C=O) groups is 2. The third-order valence-electron chi connectivity index (χ3n) is 5.36. The number of hydrogen-bond acceptors (Lipinski definition) is 6. The summed E-state index contributed by atoms with van der Waals surface area (Å²) in [6.07, 6.45) is 1.51. The van der Waals surface area contributed by atoms with Gasteiger partial charge in [0, 0.05) is 5.56 Å². The number of aliphatic hydroxyl groups excluding tert-OH is 1. The van der Waals surface area contributed by atoms with Crippen LogP contribution in [0.15, 0.2) is 76.9 Å². The van der Waals surface area contributed by atoms with Crippen molar-refractivity contribution in [3.05, 3.63) is 89.4 Å². The van der Waals surface area contributed by atoms with Gasteiger partial charge in [-0.3, -0.25) is 9.59 Å². The minimum absolute atomic E-state index is 0.00410. The lowest BCUT2D eigenvalue weighted by atomic mass is 9.95. The van der Waals surface area contributed by atoms with Crippen LogP contribution in [-0.4, -0.2) is 34.9 Å². The summed E-state index contributed by atoms with van der Waals surface area (Å²) in [5, 5.41) is 11.2. The minimum Gasteiger partial charge on any atom is -0.507 e. The van der Waals surface area contributed by atoms with Crippen LogP contribution in [0.2, 0.25) is 0 Å². The van der Waals surface area contributed by atoms with Crippen molar-refractivity contribution >= 4 is 17.4 Å². The molecule has 0 bridgehead atoms. The van der Waals surface area contributed by atoms with Crippen molar-refractivity contribution in [2.45, 2.75) is 32.5 Å². The van der Waals surface area contributed by atoms with E-state index < -0.39 is 17.7 Å². The van der Waals surface area contributed by atoms with E-state index in [1.165, 1.54) is 11.2 Å². The number of furan rings is 1. The van der Waals surface area contributed by atoms with Gasteiger partial charge in [0.2, 0.25) is 0 Å². The Bertz CT molecular complexity index is 1180. The molecular weight excluding hydrogens is 422 g/mol. The molecule has 170 valence electrons. The molecule has 0 saturated carbocycles. The maximum absolute atomic E-state index is 13.1. The van der Waals surface area contributed by atoms with E-state index in [1.807, 2.05) is 13.8 Å². The lowest BCUT2D eigenvalue weighted by Gasteiger charge is -2.24. The molecule has 1 atom stereocenters. The van der Waals surface area contributed by atoms with Crippen molar-refractivity contribution in [2.75, 3.05) is 7.11 Å². The van der Waals surface area contributed by atoms with Crippen LogP contribution < -0.4 is 9.47 Å². The van der Waals surface area contributed by atoms with Crippen LogP contribution >= 0.6 is 0 Å². The summed E-state index contributed by atoms with van der Waals surface area (Å²) < 4.78 is 16.4. The first-order valence-corrected chi connectivity index (χ1v) is 10.6. The number of benzene rings is 2. The van der Waals surface area contributed by atoms with Gasteiger partial charge in [0.1, 0.15) is 23.0 Å². The highest BCUT2D eigenvalue weighted by atomic mass is 16.5. The first-order chi connectivity index (χ1) is 15.9. The number of likely N-dealkylation sites (tertiary alicyclic amines) is 1. The van der Waals surface area contributed by atoms with Gasteiger partial charge in [-0.05, 0) is 67.9 Å². The Hall–Kier alpha value is -4.00. The summed E-state index contributed by atoms with van der Waals surface area (Å²) in [4.78, 5) is 27.5. The van der Waals surface area contributed by atoms with Crippen molar-refractivity contribution in [1.29, 1.82) is 0 Å². The van der Waals surface area contributed by atoms with Gasteiger partial charge in [-0.15, -0.1) is 0 Å². The van der Waals surface area contributed by atoms with E-state index in [0.29, 0.717) is 28.4 Å². The summed E-state index contributed by atoms with van der Waals surface area (Å²) in [5.41, 5.74) is 1.06. The van der Waals surface area contributed by atoms with Gasteiger partial charge in [-0.2, -0.15) is 0 Å². The Kier molecular flexibility index (Phi) is 6.22. The van der Waals surface area contributed by atoms with E-state index in [0.717, 1.165) is 0 Å². The Morgan fingerprint density at radius 2 is 1.82 bits per heavy atom. The molecule has 2 heterocycles. The molecule has 0 spiro atoms. The van der Waals surface area contributed by atoms with Crippen molar-refractivity contribution in [3.8, 4) is 11.5 Å². The Balaban J connectivity index is 1.81. The second-order valence-electron chi connectivity index (χ2n) is 7.97. The van der Waals surface area contributed by atoms with E-state index >= 15 is 0 Å². The van der Waals surface area contributed by atoms with Crippen LogP contribution in [0.1, 0.15) is 36.8 Å². The van der Waals surface area contributed by atoms with Crippen LogP contribution in [0, 0.1) is 0 Å². The number of ether oxygens (including phenoxy) is 2. The van der Waals surface area contributed by atoms with Crippen molar-refractivity contribution in [1.82, 2.24) is 4.90 Å². The highest BCUT2D eigenvalue weighted by Gasteiger charge is 2.46. The third-order valence-corrected chi connectivity index (χ3v) is 5.36. The van der Waals surface area contributed by atoms with Crippen LogP contribution in [0.4, 0.5) is 0 Å². The third kappa shape index (κ3) is 4.48. The first kappa shape index (κ1) is 22.2. The smallest absolute Gasteiger partial charge is 0.296 e. The van der Waals surface area contributed by atoms with Crippen molar-refractivity contribution in [2.24, 2.45) is 0 Å². The maximum atomic E-state index is 13.1. The molecule has 7 nitrogen and oxygen atoms in total. The number of aliphatic hydroxyl groups is 1. The van der Waals surface area contributed by atoms with E-state index in [4.69, 9.17) is 13.9 Å². The second-order valence-corrected chi connectivity index (χ2v) is 7.97. The van der Waals surface area contributed by atoms with Crippen LogP contribution in [-0.2, 0) is 16.1 Å². The molecule has 4 rings (SSSR count). The van der Waals surface area contributed by atoms with Gasteiger partial charge in [-0.25, -0.2) is 0 Å². The second kappa shape index (κ2) is 9.24. The zero-order valence-corrected chi connectivity index (χ0v) is 18.6. The van der Waals surface area contributed by atoms with Gasteiger partial charge in [0.15, 0.2) is 0 Å². The summed E-state index contributed by atoms with van der Waals surface area (Å²) in [6, 6.07) is 16.5. The van der Waals surface area contributed by atoms with E-state index in [2.05, 4.69) is 0 Å². The quantitative estimate of drug-likeness (QED) is 0.321. The molecule has 1 N–H and O–H groups in total. The van der Waals surface area contributed by atoms with Gasteiger partial charge >= 0.3 is 0 Å². The van der Waals surface area contributed by atoms with Crippen LogP contribution in [0.25, 0.3) is 5.76 Å². The molecule has 1 aliphatic rings.